The Kier molecular flexibility index (Phi) is 12.2. The Morgan fingerprint density at radius 2 is 2.00 bits per heavy atom. The first-order valence-corrected chi connectivity index (χ1v) is 13.6. The number of H-pyrrole nitrogens is 1. The van der Waals surface area contributed by atoms with Crippen LogP contribution in [0.1, 0.15) is 54.2 Å². The van der Waals surface area contributed by atoms with E-state index in [-0.39, 0.29) is 35.5 Å². The summed E-state index contributed by atoms with van der Waals surface area (Å²) in [4.78, 5) is 38.0. The summed E-state index contributed by atoms with van der Waals surface area (Å²) in [6.45, 7) is 11.1. The van der Waals surface area contributed by atoms with E-state index in [9.17, 15) is 18.8 Å². The summed E-state index contributed by atoms with van der Waals surface area (Å²) in [6.07, 6.45) is 0.705. The van der Waals surface area contributed by atoms with Crippen LogP contribution in [0.15, 0.2) is 40.1 Å². The van der Waals surface area contributed by atoms with E-state index in [1.54, 1.807) is 20.8 Å². The lowest BCUT2D eigenvalue weighted by Crippen LogP contribution is -2.35. The number of benzene rings is 1. The highest BCUT2D eigenvalue weighted by Gasteiger charge is 2.35. The Balaban J connectivity index is 0.00000235. The molecule has 2 aromatic rings. The van der Waals surface area contributed by atoms with E-state index < -0.39 is 43.8 Å². The molecule has 1 fully saturated rings. The van der Waals surface area contributed by atoms with E-state index in [0.717, 1.165) is 6.07 Å². The van der Waals surface area contributed by atoms with Gasteiger partial charge in [0.15, 0.2) is 0 Å². The Morgan fingerprint density at radius 3 is 2.62 bits per heavy atom. The topological polar surface area (TPSA) is 121 Å². The molecule has 0 saturated carbocycles. The van der Waals surface area contributed by atoms with E-state index in [0.29, 0.717) is 6.42 Å². The minimum absolute atomic E-state index is 0.0387. The molecule has 1 aromatic carbocycles. The number of ether oxygens (including phenoxy) is 2. The molecule has 5 atom stereocenters. The van der Waals surface area contributed by atoms with Crippen molar-refractivity contribution in [3.8, 4) is 5.75 Å². The van der Waals surface area contributed by atoms with Crippen molar-refractivity contribution in [3.05, 3.63) is 62.1 Å². The lowest BCUT2D eigenvalue weighted by molar-refractivity contribution is -0.149. The number of nitrogens with zero attached hydrogens (tertiary/aromatic N) is 1. The molecule has 1 aliphatic heterocycles. The molecular weight excluding hydrogens is 528 g/mol. The van der Waals surface area contributed by atoms with Gasteiger partial charge in [-0.2, -0.15) is 0 Å². The summed E-state index contributed by atoms with van der Waals surface area (Å²) in [5.41, 5.74) is -1.05. The zero-order valence-electron chi connectivity index (χ0n) is 21.7. The smallest absolute Gasteiger partial charge is 0.330 e. The van der Waals surface area contributed by atoms with Gasteiger partial charge in [0.1, 0.15) is 23.8 Å². The second-order valence-corrected chi connectivity index (χ2v) is 10.1. The van der Waals surface area contributed by atoms with Crippen LogP contribution in [0.5, 0.6) is 5.75 Å². The minimum Gasteiger partial charge on any atom is -0.462 e. The average Bonchev–Trinajstić information content (AvgIpc) is 3.20. The van der Waals surface area contributed by atoms with Crippen LogP contribution in [0, 0.1) is 11.7 Å². The van der Waals surface area contributed by atoms with Gasteiger partial charge in [-0.15, -0.1) is 0 Å². The summed E-state index contributed by atoms with van der Waals surface area (Å²) in [5.74, 6) is -0.871. The third kappa shape index (κ3) is 9.19. The lowest BCUT2D eigenvalue weighted by Gasteiger charge is -2.24. The molecule has 0 bridgehead atoms. The fraction of sp³-hybridized carbons (Fsp3) is 0.542. The standard InChI is InChI=1S/C22H28ClFN3O7P.C2H6/c1-12(2)32-21(29)14(4)26-35(34-15-5-6-18(24)17(23)10-15)31-11-16-9-13(3)20(33-16)27-8-7-19(28)25-22(27)30;1-2/h5-8,10,12-14,16,20,26H,9,11H2,1-4H3,(H,25,28,30);1-2H3. The van der Waals surface area contributed by atoms with Gasteiger partial charge in [0, 0.05) is 24.2 Å². The highest BCUT2D eigenvalue weighted by atomic mass is 35.5. The van der Waals surface area contributed by atoms with Crippen LogP contribution in [-0.2, 0) is 18.8 Å². The normalized spacial score (nSPS) is 20.6. The number of esters is 1. The van der Waals surface area contributed by atoms with Crippen LogP contribution in [0.25, 0.3) is 0 Å². The number of rotatable bonds is 10. The fourth-order valence-corrected chi connectivity index (χ4v) is 4.79. The molecule has 10 nitrogen and oxygen atoms in total. The van der Waals surface area contributed by atoms with Crippen LogP contribution < -0.4 is 20.9 Å². The van der Waals surface area contributed by atoms with Gasteiger partial charge >= 0.3 is 20.2 Å². The first-order chi connectivity index (χ1) is 17.5. The Bertz CT molecular complexity index is 1150. The van der Waals surface area contributed by atoms with Crippen molar-refractivity contribution in [2.75, 3.05) is 6.61 Å². The molecule has 3 rings (SSSR count). The summed E-state index contributed by atoms with van der Waals surface area (Å²) in [5, 5.41) is 2.84. The van der Waals surface area contributed by atoms with Crippen molar-refractivity contribution in [2.24, 2.45) is 5.92 Å². The second-order valence-electron chi connectivity index (χ2n) is 8.44. The van der Waals surface area contributed by atoms with Crippen LogP contribution in [0.2, 0.25) is 5.02 Å². The summed E-state index contributed by atoms with van der Waals surface area (Å²) < 4.78 is 37.8. The predicted molar refractivity (Wildman–Crippen MR) is 139 cm³/mol. The monoisotopic (exact) mass is 561 g/mol. The third-order valence-corrected chi connectivity index (χ3v) is 6.69. The van der Waals surface area contributed by atoms with Crippen molar-refractivity contribution >= 4 is 26.1 Å². The Hall–Kier alpha value is -2.30. The van der Waals surface area contributed by atoms with Crippen molar-refractivity contribution in [1.29, 1.82) is 0 Å². The maximum absolute atomic E-state index is 13.5. The molecule has 0 amide bonds. The number of carbonyl (C=O) groups excluding carboxylic acids is 1. The van der Waals surface area contributed by atoms with Gasteiger partial charge in [0.05, 0.1) is 23.8 Å². The number of halogens is 2. The SMILES string of the molecule is CC.CC(C)OC(=O)C(C)NP(OCC1CC(C)C(n2ccc(=O)[nH]c2=O)O1)Oc1ccc(F)c(Cl)c1. The molecule has 2 heterocycles. The third-order valence-electron chi connectivity index (χ3n) is 5.04. The minimum atomic E-state index is -1.89. The first-order valence-electron chi connectivity index (χ1n) is 12.0. The molecule has 1 aliphatic rings. The molecule has 37 heavy (non-hydrogen) atoms. The van der Waals surface area contributed by atoms with Crippen molar-refractivity contribution in [3.63, 3.8) is 0 Å². The maximum Gasteiger partial charge on any atom is 0.330 e. The van der Waals surface area contributed by atoms with E-state index in [2.05, 4.69) is 10.1 Å². The molecular formula is C24H34ClFN3O7P. The zero-order chi connectivity index (χ0) is 27.7. The van der Waals surface area contributed by atoms with E-state index in [1.807, 2.05) is 20.8 Å². The van der Waals surface area contributed by atoms with Gasteiger partial charge in [-0.3, -0.25) is 19.1 Å². The van der Waals surface area contributed by atoms with Crippen LogP contribution in [0.4, 0.5) is 4.39 Å². The van der Waals surface area contributed by atoms with E-state index >= 15 is 0 Å². The Labute approximate surface area is 221 Å². The van der Waals surface area contributed by atoms with Gasteiger partial charge in [-0.1, -0.05) is 32.4 Å². The molecule has 2 N–H and O–H groups in total. The highest BCUT2D eigenvalue weighted by molar-refractivity contribution is 7.45. The Morgan fingerprint density at radius 1 is 1.30 bits per heavy atom. The van der Waals surface area contributed by atoms with Crippen molar-refractivity contribution < 1.29 is 27.7 Å². The number of aromatic nitrogens is 2. The van der Waals surface area contributed by atoms with Crippen LogP contribution >= 0.6 is 20.1 Å². The quantitative estimate of drug-likeness (QED) is 0.321. The highest BCUT2D eigenvalue weighted by Crippen LogP contribution is 2.40. The molecule has 0 radical (unpaired) electrons. The molecule has 0 aliphatic carbocycles. The number of hydrogen-bond acceptors (Lipinski definition) is 8. The van der Waals surface area contributed by atoms with E-state index in [4.69, 9.17) is 30.1 Å². The first kappa shape index (κ1) is 30.9. The fourth-order valence-electron chi connectivity index (χ4n) is 3.41. The zero-order valence-corrected chi connectivity index (χ0v) is 23.3. The molecule has 206 valence electrons. The maximum atomic E-state index is 13.5. The number of nitrogens with one attached hydrogen (secondary N) is 2. The van der Waals surface area contributed by atoms with Crippen LogP contribution in [0.3, 0.4) is 0 Å². The van der Waals surface area contributed by atoms with Gasteiger partial charge in [0.2, 0.25) is 0 Å². The van der Waals surface area contributed by atoms with Crippen molar-refractivity contribution in [2.45, 2.75) is 72.4 Å². The number of hydrogen-bond donors (Lipinski definition) is 2. The summed E-state index contributed by atoms with van der Waals surface area (Å²) in [7, 11) is -1.89. The lowest BCUT2D eigenvalue weighted by atomic mass is 10.1. The van der Waals surface area contributed by atoms with Gasteiger partial charge in [0.25, 0.3) is 5.56 Å². The number of aromatic amines is 1. The largest absolute Gasteiger partial charge is 0.462 e. The van der Waals surface area contributed by atoms with E-state index in [1.165, 1.54) is 29.0 Å². The van der Waals surface area contributed by atoms with Gasteiger partial charge in [-0.05, 0) is 39.3 Å². The van der Waals surface area contributed by atoms with Crippen LogP contribution in [-0.4, -0.2) is 40.4 Å². The molecule has 1 saturated heterocycles. The predicted octanol–water partition coefficient (Wildman–Crippen LogP) is 4.53. The van der Waals surface area contributed by atoms with Gasteiger partial charge in [-0.25, -0.2) is 14.3 Å². The molecule has 5 unspecified atom stereocenters. The average molecular weight is 562 g/mol. The van der Waals surface area contributed by atoms with Crippen molar-refractivity contribution in [1.82, 2.24) is 14.6 Å². The molecule has 13 heteroatoms. The molecule has 0 spiro atoms. The molecule has 1 aromatic heterocycles. The summed E-state index contributed by atoms with van der Waals surface area (Å²) >= 11 is 5.85. The second kappa shape index (κ2) is 14.6. The van der Waals surface area contributed by atoms with Gasteiger partial charge < -0.3 is 18.5 Å². The summed E-state index contributed by atoms with van der Waals surface area (Å²) in [6, 6.07) is 4.36. The number of carbonyl (C=O) groups is 1.